The van der Waals surface area contributed by atoms with Gasteiger partial charge in [-0.1, -0.05) is 16.8 Å². The summed E-state index contributed by atoms with van der Waals surface area (Å²) in [7, 11) is 0. The van der Waals surface area contributed by atoms with E-state index in [1.54, 1.807) is 13.0 Å². The molecule has 2 aromatic rings. The second-order valence-electron chi connectivity index (χ2n) is 5.50. The van der Waals surface area contributed by atoms with Crippen LogP contribution in [0, 0.1) is 24.2 Å². The van der Waals surface area contributed by atoms with Crippen LogP contribution < -0.4 is 4.90 Å². The molecule has 22 heavy (non-hydrogen) atoms. The Hall–Kier alpha value is -2.13. The molecule has 2 aromatic heterocycles. The highest BCUT2D eigenvalue weighted by Gasteiger charge is 2.23. The van der Waals surface area contributed by atoms with Gasteiger partial charge >= 0.3 is 0 Å². The lowest BCUT2D eigenvalue weighted by Gasteiger charge is -2.33. The molecule has 0 radical (unpaired) electrons. The molecule has 0 aromatic carbocycles. The van der Waals surface area contributed by atoms with Gasteiger partial charge in [0.1, 0.15) is 11.9 Å². The topological polar surface area (TPSA) is 78.8 Å². The zero-order chi connectivity index (χ0) is 15.5. The number of nitriles is 1. The van der Waals surface area contributed by atoms with Crippen LogP contribution in [0.4, 0.5) is 5.82 Å². The molecule has 0 bridgehead atoms. The number of rotatable bonds is 3. The van der Waals surface area contributed by atoms with Gasteiger partial charge in [0.2, 0.25) is 5.89 Å². The fraction of sp³-hybridized carbons (Fsp3) is 0.467. The van der Waals surface area contributed by atoms with Crippen LogP contribution in [0.1, 0.15) is 30.3 Å². The summed E-state index contributed by atoms with van der Waals surface area (Å²) in [6.07, 6.45) is 3.00. The number of halogens is 1. The van der Waals surface area contributed by atoms with E-state index < -0.39 is 0 Å². The predicted molar refractivity (Wildman–Crippen MR) is 81.6 cm³/mol. The molecule has 1 saturated heterocycles. The van der Waals surface area contributed by atoms with Crippen LogP contribution in [0.15, 0.2) is 16.7 Å². The monoisotopic (exact) mass is 317 g/mol. The van der Waals surface area contributed by atoms with E-state index in [1.165, 1.54) is 0 Å². The lowest BCUT2D eigenvalue weighted by Crippen LogP contribution is -2.37. The summed E-state index contributed by atoms with van der Waals surface area (Å²) in [5.41, 5.74) is 0.273. The van der Waals surface area contributed by atoms with Gasteiger partial charge in [-0.25, -0.2) is 4.98 Å². The minimum absolute atomic E-state index is 0.273. The summed E-state index contributed by atoms with van der Waals surface area (Å²) in [6, 6.07) is 5.62. The van der Waals surface area contributed by atoms with Gasteiger partial charge in [-0.2, -0.15) is 10.2 Å². The van der Waals surface area contributed by atoms with Gasteiger partial charge < -0.3 is 9.42 Å². The molecule has 0 unspecified atom stereocenters. The smallest absolute Gasteiger partial charge is 0.223 e. The molecule has 0 saturated carbocycles. The normalized spacial score (nSPS) is 18.2. The summed E-state index contributed by atoms with van der Waals surface area (Å²) in [5.74, 6) is 2.61. The van der Waals surface area contributed by atoms with Crippen molar-refractivity contribution in [3.05, 3.63) is 34.6 Å². The van der Waals surface area contributed by atoms with Crippen molar-refractivity contribution in [3.8, 4) is 6.07 Å². The second-order valence-corrected chi connectivity index (χ2v) is 5.91. The van der Waals surface area contributed by atoms with Crippen LogP contribution in [0.3, 0.4) is 0 Å². The van der Waals surface area contributed by atoms with Crippen LogP contribution >= 0.6 is 11.6 Å². The molecule has 0 N–H and O–H groups in total. The molecule has 1 aliphatic rings. The molecule has 1 fully saturated rings. The molecule has 0 aliphatic carbocycles. The van der Waals surface area contributed by atoms with Gasteiger partial charge in [0, 0.05) is 26.4 Å². The Morgan fingerprint density at radius 2 is 2.32 bits per heavy atom. The summed E-state index contributed by atoms with van der Waals surface area (Å²) in [5, 5.41) is 13.4. The largest absolute Gasteiger partial charge is 0.356 e. The van der Waals surface area contributed by atoms with Gasteiger partial charge in [-0.15, -0.1) is 0 Å². The standard InChI is InChI=1S/C15H16ClN5O/c1-10-18-14(20-22-10)7-11-3-2-6-21(9-11)15-5-4-12(16)13(8-17)19-15/h4-5,11H,2-3,6-7,9H2,1H3/t11-/m1/s1. The average molecular weight is 318 g/mol. The Morgan fingerprint density at radius 1 is 1.45 bits per heavy atom. The number of aromatic nitrogens is 3. The van der Waals surface area contributed by atoms with Crippen molar-refractivity contribution in [3.63, 3.8) is 0 Å². The van der Waals surface area contributed by atoms with E-state index in [1.807, 2.05) is 12.1 Å². The lowest BCUT2D eigenvalue weighted by atomic mass is 9.94. The molecule has 3 rings (SSSR count). The van der Waals surface area contributed by atoms with E-state index in [0.29, 0.717) is 16.8 Å². The Morgan fingerprint density at radius 3 is 3.05 bits per heavy atom. The van der Waals surface area contributed by atoms with Crippen molar-refractivity contribution in [1.29, 1.82) is 5.26 Å². The van der Waals surface area contributed by atoms with E-state index >= 15 is 0 Å². The highest BCUT2D eigenvalue weighted by atomic mass is 35.5. The van der Waals surface area contributed by atoms with Crippen LogP contribution in [-0.2, 0) is 6.42 Å². The maximum absolute atomic E-state index is 9.05. The van der Waals surface area contributed by atoms with Gasteiger partial charge in [-0.05, 0) is 30.9 Å². The van der Waals surface area contributed by atoms with Crippen molar-refractivity contribution >= 4 is 17.4 Å². The quantitative estimate of drug-likeness (QED) is 0.866. The summed E-state index contributed by atoms with van der Waals surface area (Å²) >= 11 is 5.94. The van der Waals surface area contributed by atoms with Crippen molar-refractivity contribution in [1.82, 2.24) is 15.1 Å². The molecule has 3 heterocycles. The zero-order valence-corrected chi connectivity index (χ0v) is 13.0. The van der Waals surface area contributed by atoms with Crippen molar-refractivity contribution in [2.24, 2.45) is 5.92 Å². The van der Waals surface area contributed by atoms with Gasteiger partial charge in [0.25, 0.3) is 0 Å². The fourth-order valence-corrected chi connectivity index (χ4v) is 2.96. The third-order valence-corrected chi connectivity index (χ3v) is 4.13. The molecular weight excluding hydrogens is 302 g/mol. The molecule has 1 aliphatic heterocycles. The molecule has 0 amide bonds. The number of nitrogens with zero attached hydrogens (tertiary/aromatic N) is 5. The molecular formula is C15H16ClN5O. The molecule has 0 spiro atoms. The van der Waals surface area contributed by atoms with Crippen LogP contribution in [-0.4, -0.2) is 28.2 Å². The molecule has 7 heteroatoms. The maximum Gasteiger partial charge on any atom is 0.223 e. The highest BCUT2D eigenvalue weighted by molar-refractivity contribution is 6.31. The molecule has 6 nitrogen and oxygen atoms in total. The Labute approximate surface area is 133 Å². The number of piperidine rings is 1. The first kappa shape index (κ1) is 14.8. The van der Waals surface area contributed by atoms with E-state index in [-0.39, 0.29) is 5.69 Å². The minimum Gasteiger partial charge on any atom is -0.356 e. The van der Waals surface area contributed by atoms with Crippen molar-refractivity contribution in [2.45, 2.75) is 26.2 Å². The van der Waals surface area contributed by atoms with E-state index in [2.05, 4.69) is 20.0 Å². The maximum atomic E-state index is 9.05. The Bertz CT molecular complexity index is 708. The Kier molecular flexibility index (Phi) is 4.25. The zero-order valence-electron chi connectivity index (χ0n) is 12.3. The van der Waals surface area contributed by atoms with E-state index in [0.717, 1.165) is 44.0 Å². The van der Waals surface area contributed by atoms with Gasteiger partial charge in [0.05, 0.1) is 5.02 Å². The van der Waals surface area contributed by atoms with Crippen molar-refractivity contribution < 1.29 is 4.52 Å². The number of hydrogen-bond donors (Lipinski definition) is 0. The van der Waals surface area contributed by atoms with Crippen molar-refractivity contribution in [2.75, 3.05) is 18.0 Å². The number of pyridine rings is 1. The lowest BCUT2D eigenvalue weighted by molar-refractivity contribution is 0.369. The van der Waals surface area contributed by atoms with E-state index in [4.69, 9.17) is 21.4 Å². The fourth-order valence-electron chi connectivity index (χ4n) is 2.81. The van der Waals surface area contributed by atoms with Crippen LogP contribution in [0.25, 0.3) is 0 Å². The predicted octanol–water partition coefficient (Wildman–Crippen LogP) is 2.76. The first-order chi connectivity index (χ1) is 10.7. The summed E-state index contributed by atoms with van der Waals surface area (Å²) in [4.78, 5) is 10.8. The molecule has 114 valence electrons. The number of aryl methyl sites for hydroxylation is 1. The molecule has 1 atom stereocenters. The van der Waals surface area contributed by atoms with Gasteiger partial charge in [0.15, 0.2) is 11.5 Å². The SMILES string of the molecule is Cc1nc(C[C@H]2CCCN(c3ccc(Cl)c(C#N)n3)C2)no1. The number of hydrogen-bond acceptors (Lipinski definition) is 6. The summed E-state index contributed by atoms with van der Waals surface area (Å²) in [6.45, 7) is 3.60. The number of anilines is 1. The first-order valence-electron chi connectivity index (χ1n) is 7.26. The average Bonchev–Trinajstić information content (AvgIpc) is 2.93. The Balaban J connectivity index is 1.71. The van der Waals surface area contributed by atoms with Crippen LogP contribution in [0.5, 0.6) is 0 Å². The van der Waals surface area contributed by atoms with Crippen LogP contribution in [0.2, 0.25) is 5.02 Å². The highest BCUT2D eigenvalue weighted by Crippen LogP contribution is 2.25. The second kappa shape index (κ2) is 6.32. The first-order valence-corrected chi connectivity index (χ1v) is 7.64. The minimum atomic E-state index is 0.273. The van der Waals surface area contributed by atoms with Gasteiger partial charge in [-0.3, -0.25) is 0 Å². The summed E-state index contributed by atoms with van der Waals surface area (Å²) < 4.78 is 5.02. The third kappa shape index (κ3) is 3.20. The van der Waals surface area contributed by atoms with E-state index in [9.17, 15) is 0 Å². The third-order valence-electron chi connectivity index (χ3n) is 3.82.